The van der Waals surface area contributed by atoms with Crippen molar-refractivity contribution in [3.8, 4) is 0 Å². The molecule has 0 bridgehead atoms. The summed E-state index contributed by atoms with van der Waals surface area (Å²) in [5, 5.41) is 3.04. The van der Waals surface area contributed by atoms with E-state index in [-0.39, 0.29) is 24.9 Å². The number of hydrogen-bond donors (Lipinski definition) is 1. The molecule has 0 aliphatic rings. The third-order valence-corrected chi connectivity index (χ3v) is 17.1. The zero-order valence-corrected chi connectivity index (χ0v) is 58.2. The van der Waals surface area contributed by atoms with Gasteiger partial charge in [0.25, 0.3) is 7.82 Å². The molecule has 9 nitrogen and oxygen atoms in total. The summed E-state index contributed by atoms with van der Waals surface area (Å²) in [6.07, 6.45) is 87.1. The Morgan fingerprint density at radius 3 is 1.12 bits per heavy atom. The number of allylic oxidation sites excluding steroid dienone is 13. The second-order valence-electron chi connectivity index (χ2n) is 25.7. The van der Waals surface area contributed by atoms with Gasteiger partial charge in [0.2, 0.25) is 5.91 Å². The summed E-state index contributed by atoms with van der Waals surface area (Å²) >= 11 is 0. The van der Waals surface area contributed by atoms with Gasteiger partial charge >= 0.3 is 5.97 Å². The summed E-state index contributed by atoms with van der Waals surface area (Å²) in [6, 6.07) is -0.898. The van der Waals surface area contributed by atoms with Crippen molar-refractivity contribution in [3.05, 3.63) is 85.1 Å². The predicted molar refractivity (Wildman–Crippen MR) is 371 cm³/mol. The van der Waals surface area contributed by atoms with Crippen molar-refractivity contribution in [1.29, 1.82) is 0 Å². The number of amides is 1. The van der Waals surface area contributed by atoms with E-state index in [4.69, 9.17) is 13.8 Å². The second kappa shape index (κ2) is 65.2. The van der Waals surface area contributed by atoms with E-state index in [1.165, 1.54) is 180 Å². The number of likely N-dealkylation sites (N-methyl/N-ethyl adjacent to an activating group) is 1. The number of hydrogen-bond acceptors (Lipinski definition) is 7. The fraction of sp³-hybridized carbons (Fsp3) is 0.789. The van der Waals surface area contributed by atoms with Gasteiger partial charge in [-0.15, -0.1) is 0 Å². The van der Waals surface area contributed by atoms with E-state index in [0.717, 1.165) is 116 Å². The standard InChI is InChI=1S/C76H139N2O7P/c1-7-10-13-16-19-22-25-28-30-32-34-36-38-39-41-43-45-47-49-51-54-57-60-63-66-69-76(80)85-74(67-64-61-58-55-52-27-24-21-18-15-12-9-3)73(72-84-86(81,82)83-71-70-78(4,5)6)77-75(79)68-65-62-59-56-53-50-48-46-44-42-40-37-35-33-31-29-26-23-20-17-14-11-8-2/h10,13,19,22,28,30,34,36,39,41,45,47,64,67,73-74H,7-9,11-12,14-18,20-21,23-27,29,31-33,35,37-38,40,42-44,46,48-63,65-66,68-72H2,1-6H3,(H-,77,79,81,82)/b13-10-,22-19-,30-28-,36-34-,41-39-,47-45-,67-64+. The minimum Gasteiger partial charge on any atom is -0.756 e. The highest BCUT2D eigenvalue weighted by Crippen LogP contribution is 2.38. The third-order valence-electron chi connectivity index (χ3n) is 16.1. The van der Waals surface area contributed by atoms with Crippen LogP contribution < -0.4 is 10.2 Å². The predicted octanol–water partition coefficient (Wildman–Crippen LogP) is 22.7. The Labute approximate surface area is 533 Å². The number of phosphoric acid groups is 1. The van der Waals surface area contributed by atoms with Gasteiger partial charge in [-0.05, 0) is 83.1 Å². The zero-order chi connectivity index (χ0) is 62.8. The molecule has 86 heavy (non-hydrogen) atoms. The Kier molecular flexibility index (Phi) is 63.0. The molecule has 500 valence electrons. The van der Waals surface area contributed by atoms with Gasteiger partial charge in [0.1, 0.15) is 19.3 Å². The third kappa shape index (κ3) is 65.6. The maximum atomic E-state index is 13.6. The minimum atomic E-state index is -4.71. The van der Waals surface area contributed by atoms with Crippen molar-refractivity contribution in [2.75, 3.05) is 40.9 Å². The van der Waals surface area contributed by atoms with Gasteiger partial charge < -0.3 is 28.5 Å². The van der Waals surface area contributed by atoms with Crippen molar-refractivity contribution in [2.45, 2.75) is 348 Å². The highest BCUT2D eigenvalue weighted by molar-refractivity contribution is 7.45. The number of ether oxygens (including phenoxy) is 1. The number of unbranched alkanes of at least 4 members (excludes halogenated alkanes) is 38. The smallest absolute Gasteiger partial charge is 0.306 e. The number of phosphoric ester groups is 1. The van der Waals surface area contributed by atoms with Crippen LogP contribution in [0.25, 0.3) is 0 Å². The normalized spacial score (nSPS) is 14.0. The van der Waals surface area contributed by atoms with Crippen LogP contribution in [0.3, 0.4) is 0 Å². The molecule has 0 saturated carbocycles. The number of carbonyl (C=O) groups is 2. The molecule has 0 rings (SSSR count). The van der Waals surface area contributed by atoms with Gasteiger partial charge in [0.05, 0.1) is 33.8 Å². The first kappa shape index (κ1) is 83.2. The summed E-state index contributed by atoms with van der Waals surface area (Å²) < 4.78 is 30.5. The maximum absolute atomic E-state index is 13.6. The molecular weight excluding hydrogens is 1080 g/mol. The van der Waals surface area contributed by atoms with E-state index in [2.05, 4.69) is 99.0 Å². The van der Waals surface area contributed by atoms with Crippen LogP contribution in [0, 0.1) is 0 Å². The van der Waals surface area contributed by atoms with Crippen molar-refractivity contribution >= 4 is 19.7 Å². The number of nitrogens with one attached hydrogen (secondary N) is 1. The van der Waals surface area contributed by atoms with Crippen LogP contribution in [0.2, 0.25) is 0 Å². The Bertz CT molecular complexity index is 1750. The first-order chi connectivity index (χ1) is 41.9. The fourth-order valence-electron chi connectivity index (χ4n) is 10.5. The van der Waals surface area contributed by atoms with E-state index in [1.54, 1.807) is 0 Å². The van der Waals surface area contributed by atoms with Crippen LogP contribution in [0.15, 0.2) is 85.1 Å². The molecule has 1 N–H and O–H groups in total. The fourth-order valence-corrected chi connectivity index (χ4v) is 11.3. The molecule has 3 unspecified atom stereocenters. The average Bonchev–Trinajstić information content (AvgIpc) is 3.65. The molecule has 0 spiro atoms. The Hall–Kier alpha value is -2.81. The Balaban J connectivity index is 5.08. The summed E-state index contributed by atoms with van der Waals surface area (Å²) in [4.78, 5) is 40.2. The summed E-state index contributed by atoms with van der Waals surface area (Å²) in [5.41, 5.74) is 0. The molecule has 0 heterocycles. The van der Waals surface area contributed by atoms with Crippen LogP contribution in [0.5, 0.6) is 0 Å². The monoisotopic (exact) mass is 1220 g/mol. The molecule has 0 radical (unpaired) electrons. The van der Waals surface area contributed by atoms with Crippen molar-refractivity contribution in [3.63, 3.8) is 0 Å². The van der Waals surface area contributed by atoms with Gasteiger partial charge in [-0.3, -0.25) is 14.2 Å². The van der Waals surface area contributed by atoms with Crippen LogP contribution in [0.4, 0.5) is 0 Å². The van der Waals surface area contributed by atoms with E-state index >= 15 is 0 Å². The number of carbonyl (C=O) groups excluding carboxylic acids is 2. The number of nitrogens with zero attached hydrogens (tertiary/aromatic N) is 1. The van der Waals surface area contributed by atoms with Crippen LogP contribution >= 0.6 is 7.82 Å². The molecular formula is C76H139N2O7P. The molecule has 0 fully saturated rings. The molecule has 10 heteroatoms. The molecule has 0 aromatic heterocycles. The Morgan fingerprint density at radius 1 is 0.419 bits per heavy atom. The highest BCUT2D eigenvalue weighted by atomic mass is 31.2. The SMILES string of the molecule is CC/C=C\C/C=C\C/C=C\C/C=C\C/C=C\C/C=C\CCCCCCCCC(=O)OC(/C=C/CCCCCCCCCCCC)C(COP(=O)([O-])OCC[N+](C)(C)C)NC(=O)CCCCCCCCCCCCCCCCCCCCCCCCC. The van der Waals surface area contributed by atoms with Gasteiger partial charge in [-0.2, -0.15) is 0 Å². The second-order valence-corrected chi connectivity index (χ2v) is 27.1. The van der Waals surface area contributed by atoms with Gasteiger partial charge in [0, 0.05) is 12.8 Å². The van der Waals surface area contributed by atoms with Crippen molar-refractivity contribution in [1.82, 2.24) is 5.32 Å². The largest absolute Gasteiger partial charge is 0.756 e. The first-order valence-corrected chi connectivity index (χ1v) is 37.9. The van der Waals surface area contributed by atoms with Crippen molar-refractivity contribution in [2.24, 2.45) is 0 Å². The maximum Gasteiger partial charge on any atom is 0.306 e. The zero-order valence-electron chi connectivity index (χ0n) is 57.3. The number of esters is 1. The van der Waals surface area contributed by atoms with Gasteiger partial charge in [-0.25, -0.2) is 0 Å². The molecule has 0 aliphatic carbocycles. The van der Waals surface area contributed by atoms with E-state index < -0.39 is 26.6 Å². The lowest BCUT2D eigenvalue weighted by atomic mass is 10.0. The number of quaternary nitrogens is 1. The molecule has 0 saturated heterocycles. The van der Waals surface area contributed by atoms with E-state index in [9.17, 15) is 19.0 Å². The number of rotatable bonds is 66. The first-order valence-electron chi connectivity index (χ1n) is 36.4. The summed E-state index contributed by atoms with van der Waals surface area (Å²) in [5.74, 6) is -0.548. The topological polar surface area (TPSA) is 114 Å². The van der Waals surface area contributed by atoms with Crippen LogP contribution in [-0.4, -0.2) is 69.4 Å². The van der Waals surface area contributed by atoms with Gasteiger partial charge in [-0.1, -0.05) is 324 Å². The molecule has 3 atom stereocenters. The van der Waals surface area contributed by atoms with E-state index in [0.29, 0.717) is 23.9 Å². The molecule has 1 amide bonds. The highest BCUT2D eigenvalue weighted by Gasteiger charge is 2.27. The van der Waals surface area contributed by atoms with E-state index in [1.807, 2.05) is 33.3 Å². The van der Waals surface area contributed by atoms with Crippen LogP contribution in [-0.2, 0) is 27.9 Å². The molecule has 0 aliphatic heterocycles. The van der Waals surface area contributed by atoms with Gasteiger partial charge in [0.15, 0.2) is 0 Å². The summed E-state index contributed by atoms with van der Waals surface area (Å²) in [7, 11) is 1.18. The molecule has 0 aromatic carbocycles. The Morgan fingerprint density at radius 2 is 0.744 bits per heavy atom. The lowest BCUT2D eigenvalue weighted by molar-refractivity contribution is -0.870. The lowest BCUT2D eigenvalue weighted by Gasteiger charge is -2.30. The molecule has 0 aromatic rings. The average molecular weight is 1220 g/mol. The lowest BCUT2D eigenvalue weighted by Crippen LogP contribution is -2.47. The summed E-state index contributed by atoms with van der Waals surface area (Å²) in [6.45, 7) is 6.76. The van der Waals surface area contributed by atoms with Crippen molar-refractivity contribution < 1.29 is 37.3 Å². The van der Waals surface area contributed by atoms with Crippen LogP contribution in [0.1, 0.15) is 335 Å². The minimum absolute atomic E-state index is 0.0263. The quantitative estimate of drug-likeness (QED) is 0.0212.